The maximum absolute atomic E-state index is 12.3. The number of nitrogens with zero attached hydrogens (tertiary/aromatic N) is 4. The van der Waals surface area contributed by atoms with Crippen molar-refractivity contribution in [3.63, 3.8) is 0 Å². The lowest BCUT2D eigenvalue weighted by molar-refractivity contribution is 0.141. The summed E-state index contributed by atoms with van der Waals surface area (Å²) in [5, 5.41) is 10.9. The van der Waals surface area contributed by atoms with Crippen LogP contribution < -0.4 is 5.56 Å². The summed E-state index contributed by atoms with van der Waals surface area (Å²) in [6, 6.07) is 8.94. The van der Waals surface area contributed by atoms with Gasteiger partial charge in [0.25, 0.3) is 5.56 Å². The molecule has 0 spiro atoms. The molecule has 1 saturated heterocycles. The summed E-state index contributed by atoms with van der Waals surface area (Å²) in [7, 11) is 0. The average Bonchev–Trinajstić information content (AvgIpc) is 2.95. The lowest BCUT2D eigenvalue weighted by Crippen LogP contribution is -2.24. The zero-order valence-corrected chi connectivity index (χ0v) is 14.9. The van der Waals surface area contributed by atoms with Crippen LogP contribution in [0.25, 0.3) is 5.65 Å². The maximum Gasteiger partial charge on any atom is 0.258 e. The largest absolute Gasteiger partial charge is 0.391 e. The van der Waals surface area contributed by atoms with E-state index < -0.39 is 0 Å². The fourth-order valence-corrected chi connectivity index (χ4v) is 3.69. The lowest BCUT2D eigenvalue weighted by Gasteiger charge is -2.15. The summed E-state index contributed by atoms with van der Waals surface area (Å²) in [5.41, 5.74) is 2.30. The first-order valence-electron chi connectivity index (χ1n) is 8.55. The number of rotatable bonds is 4. The zero-order chi connectivity index (χ0) is 18.1. The third kappa shape index (κ3) is 3.62. The van der Waals surface area contributed by atoms with E-state index in [0.717, 1.165) is 13.0 Å². The van der Waals surface area contributed by atoms with Crippen molar-refractivity contribution in [3.05, 3.63) is 75.6 Å². The molecule has 0 saturated carbocycles. The number of β-amino-alcohol motifs (C(OH)–C–C–N with tert-alkyl or cyclic N) is 1. The molecule has 26 heavy (non-hydrogen) atoms. The Hall–Kier alpha value is -2.28. The first-order chi connectivity index (χ1) is 12.6. The van der Waals surface area contributed by atoms with Crippen LogP contribution in [0.1, 0.15) is 11.3 Å². The van der Waals surface area contributed by atoms with Gasteiger partial charge >= 0.3 is 0 Å². The number of fused-ring (bicyclic) bond motifs is 1. The number of hydrogen-bond donors (Lipinski definition) is 1. The van der Waals surface area contributed by atoms with Gasteiger partial charge in [-0.3, -0.25) is 19.1 Å². The van der Waals surface area contributed by atoms with E-state index in [-0.39, 0.29) is 17.6 Å². The molecule has 7 heteroatoms. The van der Waals surface area contributed by atoms with Crippen molar-refractivity contribution in [1.82, 2.24) is 19.3 Å². The summed E-state index contributed by atoms with van der Waals surface area (Å²) >= 11 is 5.94. The minimum Gasteiger partial charge on any atom is -0.391 e. The smallest absolute Gasteiger partial charge is 0.258 e. The molecule has 0 radical (unpaired) electrons. The molecule has 2 atom stereocenters. The Labute approximate surface area is 155 Å². The first-order valence-corrected chi connectivity index (χ1v) is 8.93. The van der Waals surface area contributed by atoms with Crippen molar-refractivity contribution >= 4 is 17.2 Å². The molecule has 6 nitrogen and oxygen atoms in total. The molecule has 0 amide bonds. The number of hydrogen-bond acceptors (Lipinski definition) is 5. The van der Waals surface area contributed by atoms with E-state index in [4.69, 9.17) is 11.6 Å². The molecule has 0 unspecified atom stereocenters. The van der Waals surface area contributed by atoms with Crippen molar-refractivity contribution in [1.29, 1.82) is 0 Å². The van der Waals surface area contributed by atoms with Gasteiger partial charge in [-0.25, -0.2) is 4.98 Å². The number of aliphatic hydroxyl groups excluding tert-OH is 1. The molecule has 1 fully saturated rings. The Balaban J connectivity index is 1.49. The van der Waals surface area contributed by atoms with E-state index in [9.17, 15) is 9.90 Å². The standard InChI is InChI=1S/C19H19ClN4O2/c20-15-1-2-18-22-16(8-19(26)24(18)10-15)11-23-9-14(17(25)12-23)7-13-3-5-21-6-4-13/h1-6,8,10,14,17,25H,7,9,11-12H2/t14-,17+/m1/s1. The van der Waals surface area contributed by atoms with Gasteiger partial charge in [0.05, 0.1) is 16.8 Å². The molecular weight excluding hydrogens is 352 g/mol. The van der Waals surface area contributed by atoms with E-state index in [0.29, 0.717) is 29.5 Å². The molecule has 0 bridgehead atoms. The number of aliphatic hydroxyl groups is 1. The summed E-state index contributed by atoms with van der Waals surface area (Å²) in [5.74, 6) is 0.165. The van der Waals surface area contributed by atoms with Crippen LogP contribution in [0.15, 0.2) is 53.7 Å². The Kier molecular flexibility index (Phi) is 4.72. The number of aromatic nitrogens is 3. The van der Waals surface area contributed by atoms with Gasteiger partial charge in [0.2, 0.25) is 0 Å². The van der Waals surface area contributed by atoms with E-state index in [1.165, 1.54) is 16.0 Å². The number of pyridine rings is 2. The monoisotopic (exact) mass is 370 g/mol. The van der Waals surface area contributed by atoms with Gasteiger partial charge < -0.3 is 5.11 Å². The predicted octanol–water partition coefficient (Wildman–Crippen LogP) is 1.78. The highest BCUT2D eigenvalue weighted by molar-refractivity contribution is 6.30. The number of halogens is 1. The molecule has 4 rings (SSSR count). The lowest BCUT2D eigenvalue weighted by atomic mass is 9.97. The second kappa shape index (κ2) is 7.15. The highest BCUT2D eigenvalue weighted by Crippen LogP contribution is 2.22. The van der Waals surface area contributed by atoms with Gasteiger partial charge in [-0.15, -0.1) is 0 Å². The third-order valence-electron chi connectivity index (χ3n) is 4.79. The SMILES string of the molecule is O=c1cc(CN2C[C@@H](Cc3ccncc3)[C@@H](O)C2)nc2ccc(Cl)cn12. The molecule has 1 aliphatic rings. The highest BCUT2D eigenvalue weighted by atomic mass is 35.5. The minimum absolute atomic E-state index is 0.152. The van der Waals surface area contributed by atoms with Gasteiger partial charge in [0.15, 0.2) is 0 Å². The Bertz CT molecular complexity index is 976. The second-order valence-electron chi connectivity index (χ2n) is 6.74. The van der Waals surface area contributed by atoms with E-state index in [1.807, 2.05) is 12.1 Å². The van der Waals surface area contributed by atoms with Gasteiger partial charge in [0.1, 0.15) is 5.65 Å². The van der Waals surface area contributed by atoms with Crippen molar-refractivity contribution < 1.29 is 5.11 Å². The second-order valence-corrected chi connectivity index (χ2v) is 7.18. The third-order valence-corrected chi connectivity index (χ3v) is 5.02. The summed E-state index contributed by atoms with van der Waals surface area (Å²) in [6.07, 6.45) is 5.54. The fourth-order valence-electron chi connectivity index (χ4n) is 3.53. The predicted molar refractivity (Wildman–Crippen MR) is 99.2 cm³/mol. The average molecular weight is 371 g/mol. The Morgan fingerprint density at radius 1 is 1.19 bits per heavy atom. The molecule has 1 N–H and O–H groups in total. The van der Waals surface area contributed by atoms with Crippen molar-refractivity contribution in [3.8, 4) is 0 Å². The normalized spacial score (nSPS) is 20.7. The molecule has 3 aromatic heterocycles. The van der Waals surface area contributed by atoms with Crippen molar-refractivity contribution in [2.45, 2.75) is 19.1 Å². The fraction of sp³-hybridized carbons (Fsp3) is 0.316. The van der Waals surface area contributed by atoms with Crippen LogP contribution in [-0.2, 0) is 13.0 Å². The topological polar surface area (TPSA) is 70.7 Å². The number of likely N-dealkylation sites (tertiary alicyclic amines) is 1. The van der Waals surface area contributed by atoms with Crippen LogP contribution in [0, 0.1) is 5.92 Å². The molecule has 0 aromatic carbocycles. The first kappa shape index (κ1) is 17.1. The molecule has 3 aromatic rings. The van der Waals surface area contributed by atoms with Gasteiger partial charge in [0, 0.05) is 50.2 Å². The molecule has 4 heterocycles. The van der Waals surface area contributed by atoms with Gasteiger partial charge in [-0.1, -0.05) is 11.6 Å². The molecular formula is C19H19ClN4O2. The van der Waals surface area contributed by atoms with Gasteiger partial charge in [-0.05, 0) is 36.2 Å². The van der Waals surface area contributed by atoms with Crippen LogP contribution in [0.2, 0.25) is 5.02 Å². The quantitative estimate of drug-likeness (QED) is 0.758. The van der Waals surface area contributed by atoms with Crippen LogP contribution in [0.4, 0.5) is 0 Å². The maximum atomic E-state index is 12.3. The highest BCUT2D eigenvalue weighted by Gasteiger charge is 2.31. The Morgan fingerprint density at radius 2 is 2.00 bits per heavy atom. The van der Waals surface area contributed by atoms with Crippen LogP contribution in [-0.4, -0.2) is 43.6 Å². The summed E-state index contributed by atoms with van der Waals surface area (Å²) in [4.78, 5) is 23.0. The molecule has 134 valence electrons. The van der Waals surface area contributed by atoms with Gasteiger partial charge in [-0.2, -0.15) is 0 Å². The van der Waals surface area contributed by atoms with Crippen LogP contribution in [0.3, 0.4) is 0 Å². The van der Waals surface area contributed by atoms with E-state index >= 15 is 0 Å². The van der Waals surface area contributed by atoms with Crippen LogP contribution >= 0.6 is 11.6 Å². The minimum atomic E-state index is -0.386. The zero-order valence-electron chi connectivity index (χ0n) is 14.1. The summed E-state index contributed by atoms with van der Waals surface area (Å²) in [6.45, 7) is 1.89. The van der Waals surface area contributed by atoms with Crippen LogP contribution in [0.5, 0.6) is 0 Å². The summed E-state index contributed by atoms with van der Waals surface area (Å²) < 4.78 is 1.44. The van der Waals surface area contributed by atoms with E-state index in [1.54, 1.807) is 30.7 Å². The van der Waals surface area contributed by atoms with Crippen molar-refractivity contribution in [2.24, 2.45) is 5.92 Å². The molecule has 1 aliphatic heterocycles. The van der Waals surface area contributed by atoms with Crippen molar-refractivity contribution in [2.75, 3.05) is 13.1 Å². The van der Waals surface area contributed by atoms with E-state index in [2.05, 4.69) is 14.9 Å². The molecule has 0 aliphatic carbocycles. The Morgan fingerprint density at radius 3 is 2.81 bits per heavy atom.